The normalized spacial score (nSPS) is 17.0. The Bertz CT molecular complexity index is 403. The number of nitrogens with zero attached hydrogens (tertiary/aromatic N) is 1. The standard InChI is InChI=1S/C14H20N2O.ClH/c1-11-7-3-4-8-13(11)15-14(17)12(2)16-9-5-6-10-16;/h3-4,7-8,12H,5-6,9-10H2,1-2H3,(H,15,17);1H/t12-;/m0./s1. The largest absolute Gasteiger partial charge is 0.324 e. The molecule has 1 aromatic carbocycles. The van der Waals surface area contributed by atoms with E-state index >= 15 is 0 Å². The van der Waals surface area contributed by atoms with Crippen LogP contribution in [0.1, 0.15) is 25.3 Å². The lowest BCUT2D eigenvalue weighted by molar-refractivity contribution is -0.120. The zero-order chi connectivity index (χ0) is 12.3. The fourth-order valence-electron chi connectivity index (χ4n) is 2.25. The van der Waals surface area contributed by atoms with E-state index in [0.717, 1.165) is 24.3 Å². The lowest BCUT2D eigenvalue weighted by Gasteiger charge is -2.23. The Morgan fingerprint density at radius 1 is 1.28 bits per heavy atom. The SMILES string of the molecule is Cc1ccccc1NC(=O)[C@H](C)N1CCCC1.Cl. The first-order valence-electron chi connectivity index (χ1n) is 6.29. The van der Waals surface area contributed by atoms with Gasteiger partial charge in [-0.15, -0.1) is 12.4 Å². The number of nitrogens with one attached hydrogen (secondary N) is 1. The summed E-state index contributed by atoms with van der Waals surface area (Å²) in [5.74, 6) is 0.0983. The van der Waals surface area contributed by atoms with E-state index in [4.69, 9.17) is 0 Å². The molecule has 1 atom stereocenters. The number of para-hydroxylation sites is 1. The minimum Gasteiger partial charge on any atom is -0.324 e. The van der Waals surface area contributed by atoms with Crippen LogP contribution < -0.4 is 5.32 Å². The number of carbonyl (C=O) groups excluding carboxylic acids is 1. The lowest BCUT2D eigenvalue weighted by Crippen LogP contribution is -2.40. The van der Waals surface area contributed by atoms with Crippen molar-refractivity contribution in [2.75, 3.05) is 18.4 Å². The Labute approximate surface area is 115 Å². The van der Waals surface area contributed by atoms with Gasteiger partial charge in [-0.05, 0) is 51.4 Å². The topological polar surface area (TPSA) is 32.3 Å². The van der Waals surface area contributed by atoms with Crippen molar-refractivity contribution in [2.24, 2.45) is 0 Å². The van der Waals surface area contributed by atoms with E-state index in [0.29, 0.717) is 0 Å². The maximum atomic E-state index is 12.1. The monoisotopic (exact) mass is 268 g/mol. The summed E-state index contributed by atoms with van der Waals surface area (Å²) in [6.07, 6.45) is 2.42. The number of amides is 1. The van der Waals surface area contributed by atoms with Crippen molar-refractivity contribution in [1.29, 1.82) is 0 Å². The van der Waals surface area contributed by atoms with Crippen molar-refractivity contribution >= 4 is 24.0 Å². The Hall–Kier alpha value is -1.06. The van der Waals surface area contributed by atoms with Crippen molar-refractivity contribution < 1.29 is 4.79 Å². The van der Waals surface area contributed by atoms with Gasteiger partial charge in [0, 0.05) is 5.69 Å². The predicted octanol–water partition coefficient (Wildman–Crippen LogP) is 2.84. The van der Waals surface area contributed by atoms with Gasteiger partial charge in [0.1, 0.15) is 0 Å². The van der Waals surface area contributed by atoms with Crippen LogP contribution >= 0.6 is 12.4 Å². The molecular weight excluding hydrogens is 248 g/mol. The summed E-state index contributed by atoms with van der Waals surface area (Å²) in [7, 11) is 0. The van der Waals surface area contributed by atoms with Crippen molar-refractivity contribution in [3.63, 3.8) is 0 Å². The van der Waals surface area contributed by atoms with E-state index in [1.54, 1.807) is 0 Å². The van der Waals surface area contributed by atoms with Gasteiger partial charge in [0.05, 0.1) is 6.04 Å². The number of likely N-dealkylation sites (tertiary alicyclic amines) is 1. The van der Waals surface area contributed by atoms with E-state index in [-0.39, 0.29) is 24.4 Å². The molecule has 1 heterocycles. The first-order valence-corrected chi connectivity index (χ1v) is 6.29. The zero-order valence-electron chi connectivity index (χ0n) is 11.0. The van der Waals surface area contributed by atoms with Gasteiger partial charge in [-0.2, -0.15) is 0 Å². The van der Waals surface area contributed by atoms with Gasteiger partial charge in [0.25, 0.3) is 0 Å². The molecule has 1 aliphatic rings. The summed E-state index contributed by atoms with van der Waals surface area (Å²) >= 11 is 0. The average Bonchev–Trinajstić information content (AvgIpc) is 2.84. The highest BCUT2D eigenvalue weighted by atomic mass is 35.5. The summed E-state index contributed by atoms with van der Waals surface area (Å²) in [5, 5.41) is 3.01. The van der Waals surface area contributed by atoms with Crippen LogP contribution in [0.25, 0.3) is 0 Å². The predicted molar refractivity (Wildman–Crippen MR) is 77.3 cm³/mol. The first-order chi connectivity index (χ1) is 8.18. The van der Waals surface area contributed by atoms with Crippen LogP contribution in [0.4, 0.5) is 5.69 Å². The third-order valence-corrected chi connectivity index (χ3v) is 3.47. The van der Waals surface area contributed by atoms with Crippen molar-refractivity contribution in [3.8, 4) is 0 Å². The number of anilines is 1. The Kier molecular flexibility index (Phi) is 5.63. The summed E-state index contributed by atoms with van der Waals surface area (Å²) < 4.78 is 0. The van der Waals surface area contributed by atoms with Gasteiger partial charge in [-0.1, -0.05) is 18.2 Å². The van der Waals surface area contributed by atoms with Crippen molar-refractivity contribution in [2.45, 2.75) is 32.7 Å². The molecule has 0 aliphatic carbocycles. The number of carbonyl (C=O) groups is 1. The Morgan fingerprint density at radius 2 is 1.89 bits per heavy atom. The second kappa shape index (κ2) is 6.76. The van der Waals surface area contributed by atoms with E-state index < -0.39 is 0 Å². The molecule has 4 heteroatoms. The highest BCUT2D eigenvalue weighted by Crippen LogP contribution is 2.16. The van der Waals surface area contributed by atoms with Gasteiger partial charge in [0.15, 0.2) is 0 Å². The van der Waals surface area contributed by atoms with Gasteiger partial charge in [-0.3, -0.25) is 9.69 Å². The molecule has 18 heavy (non-hydrogen) atoms. The highest BCUT2D eigenvalue weighted by Gasteiger charge is 2.23. The third kappa shape index (κ3) is 3.47. The molecule has 0 saturated carbocycles. The number of benzene rings is 1. The molecule has 2 rings (SSSR count). The van der Waals surface area contributed by atoms with Crippen LogP contribution in [-0.2, 0) is 4.79 Å². The maximum Gasteiger partial charge on any atom is 0.241 e. The van der Waals surface area contributed by atoms with E-state index in [9.17, 15) is 4.79 Å². The highest BCUT2D eigenvalue weighted by molar-refractivity contribution is 5.95. The van der Waals surface area contributed by atoms with Gasteiger partial charge >= 0.3 is 0 Å². The molecule has 0 bridgehead atoms. The number of aryl methyl sites for hydroxylation is 1. The maximum absolute atomic E-state index is 12.1. The number of halogens is 1. The van der Waals surface area contributed by atoms with E-state index in [1.807, 2.05) is 38.1 Å². The lowest BCUT2D eigenvalue weighted by atomic mass is 10.2. The fraction of sp³-hybridized carbons (Fsp3) is 0.500. The molecule has 1 aromatic rings. The molecule has 1 N–H and O–H groups in total. The second-order valence-corrected chi connectivity index (χ2v) is 4.72. The summed E-state index contributed by atoms with van der Waals surface area (Å²) in [6.45, 7) is 6.08. The van der Waals surface area contributed by atoms with Crippen LogP contribution in [0.2, 0.25) is 0 Å². The van der Waals surface area contributed by atoms with Gasteiger partial charge in [0.2, 0.25) is 5.91 Å². The zero-order valence-corrected chi connectivity index (χ0v) is 11.8. The molecule has 0 unspecified atom stereocenters. The molecule has 1 aliphatic heterocycles. The molecule has 0 aromatic heterocycles. The van der Waals surface area contributed by atoms with Gasteiger partial charge < -0.3 is 5.32 Å². The molecule has 1 saturated heterocycles. The molecule has 0 radical (unpaired) electrons. The molecule has 3 nitrogen and oxygen atoms in total. The smallest absolute Gasteiger partial charge is 0.241 e. The minimum atomic E-state index is -0.0305. The third-order valence-electron chi connectivity index (χ3n) is 3.47. The summed E-state index contributed by atoms with van der Waals surface area (Å²) in [5.41, 5.74) is 2.03. The average molecular weight is 269 g/mol. The first kappa shape index (κ1) is 15.0. The summed E-state index contributed by atoms with van der Waals surface area (Å²) in [6, 6.07) is 7.86. The van der Waals surface area contributed by atoms with Crippen LogP contribution in [0.3, 0.4) is 0 Å². The second-order valence-electron chi connectivity index (χ2n) is 4.72. The molecule has 100 valence electrons. The van der Waals surface area contributed by atoms with Crippen molar-refractivity contribution in [1.82, 2.24) is 4.90 Å². The van der Waals surface area contributed by atoms with Crippen LogP contribution in [-0.4, -0.2) is 29.9 Å². The quantitative estimate of drug-likeness (QED) is 0.914. The minimum absolute atomic E-state index is 0. The van der Waals surface area contributed by atoms with E-state index in [2.05, 4.69) is 10.2 Å². The molecule has 0 spiro atoms. The molecule has 1 amide bonds. The molecular formula is C14H21ClN2O. The van der Waals surface area contributed by atoms with Crippen LogP contribution in [0, 0.1) is 6.92 Å². The van der Waals surface area contributed by atoms with Crippen LogP contribution in [0.15, 0.2) is 24.3 Å². The number of rotatable bonds is 3. The number of hydrogen-bond acceptors (Lipinski definition) is 2. The van der Waals surface area contributed by atoms with Crippen molar-refractivity contribution in [3.05, 3.63) is 29.8 Å². The Balaban J connectivity index is 0.00000162. The van der Waals surface area contributed by atoms with Crippen LogP contribution in [0.5, 0.6) is 0 Å². The molecule has 1 fully saturated rings. The Morgan fingerprint density at radius 3 is 2.50 bits per heavy atom. The van der Waals surface area contributed by atoms with Gasteiger partial charge in [-0.25, -0.2) is 0 Å². The number of hydrogen-bond donors (Lipinski definition) is 1. The summed E-state index contributed by atoms with van der Waals surface area (Å²) in [4.78, 5) is 14.3. The van der Waals surface area contributed by atoms with E-state index in [1.165, 1.54) is 12.8 Å². The fourth-order valence-corrected chi connectivity index (χ4v) is 2.25.